The van der Waals surface area contributed by atoms with E-state index >= 15 is 0 Å². The van der Waals surface area contributed by atoms with Gasteiger partial charge in [0.2, 0.25) is 21.8 Å². The van der Waals surface area contributed by atoms with Crippen molar-refractivity contribution in [2.24, 2.45) is 0 Å². The molecule has 0 aliphatic carbocycles. The number of hydrogen-bond acceptors (Lipinski definition) is 9. The lowest BCUT2D eigenvalue weighted by atomic mass is 10.1. The summed E-state index contributed by atoms with van der Waals surface area (Å²) in [7, 11) is -1.18. The zero-order valence-corrected chi connectivity index (χ0v) is 20.3. The highest BCUT2D eigenvalue weighted by Gasteiger charge is 2.29. The number of nitriles is 1. The summed E-state index contributed by atoms with van der Waals surface area (Å²) in [6, 6.07) is 11.2. The molecule has 0 aliphatic rings. The minimum absolute atomic E-state index is 0.0425. The van der Waals surface area contributed by atoms with Crippen LogP contribution in [0.4, 0.5) is 10.3 Å². The van der Waals surface area contributed by atoms with Crippen LogP contribution in [0.25, 0.3) is 17.3 Å². The molecule has 0 saturated carbocycles. The van der Waals surface area contributed by atoms with E-state index in [0.717, 1.165) is 12.3 Å². The molecule has 1 atom stereocenters. The number of hydrogen-bond donors (Lipinski definition) is 1. The number of aromatic nitrogens is 4. The Morgan fingerprint density at radius 2 is 1.92 bits per heavy atom. The number of para-hydroxylation sites is 1. The standard InChI is InChI=1S/C23H21FN6O5S/c1-14(10-17-15(12-25)11-16(24)13-26-17)36(31,32)29-23-28-27-22(20-8-5-9-35-20)30(23)21-18(33-2)6-4-7-19(21)34-3/h4-9,11,13-14H,10H2,1-3H3,(H,28,29)/t14-/m1/s1. The van der Waals surface area contributed by atoms with Crippen molar-refractivity contribution >= 4 is 16.0 Å². The zero-order chi connectivity index (χ0) is 25.9. The number of nitrogens with one attached hydrogen (secondary N) is 1. The van der Waals surface area contributed by atoms with Crippen LogP contribution in [0.3, 0.4) is 0 Å². The molecular formula is C23H21FN6O5S. The van der Waals surface area contributed by atoms with Gasteiger partial charge in [-0.3, -0.25) is 14.3 Å². The molecule has 4 rings (SSSR count). The first kappa shape index (κ1) is 24.7. The molecule has 1 N–H and O–H groups in total. The van der Waals surface area contributed by atoms with Crippen molar-refractivity contribution in [1.29, 1.82) is 5.26 Å². The summed E-state index contributed by atoms with van der Waals surface area (Å²) in [5.41, 5.74) is 0.455. The van der Waals surface area contributed by atoms with Gasteiger partial charge in [0.15, 0.2) is 5.76 Å². The average Bonchev–Trinajstić information content (AvgIpc) is 3.54. The first-order chi connectivity index (χ1) is 17.3. The van der Waals surface area contributed by atoms with Gasteiger partial charge in [0, 0.05) is 6.42 Å². The van der Waals surface area contributed by atoms with Crippen LogP contribution < -0.4 is 14.2 Å². The Balaban J connectivity index is 1.77. The van der Waals surface area contributed by atoms with E-state index in [4.69, 9.17) is 13.9 Å². The fourth-order valence-electron chi connectivity index (χ4n) is 3.52. The van der Waals surface area contributed by atoms with Gasteiger partial charge < -0.3 is 13.9 Å². The molecule has 1 aromatic carbocycles. The molecule has 3 heterocycles. The molecule has 186 valence electrons. The third kappa shape index (κ3) is 4.71. The third-order valence-electron chi connectivity index (χ3n) is 5.33. The van der Waals surface area contributed by atoms with Crippen molar-refractivity contribution in [3.8, 4) is 34.8 Å². The number of pyridine rings is 1. The van der Waals surface area contributed by atoms with Crippen LogP contribution in [0.2, 0.25) is 0 Å². The quantitative estimate of drug-likeness (QED) is 0.357. The number of furan rings is 1. The highest BCUT2D eigenvalue weighted by atomic mass is 32.2. The first-order valence-corrected chi connectivity index (χ1v) is 12.1. The predicted molar refractivity (Wildman–Crippen MR) is 127 cm³/mol. The summed E-state index contributed by atoms with van der Waals surface area (Å²) in [4.78, 5) is 3.89. The highest BCUT2D eigenvalue weighted by molar-refractivity contribution is 7.93. The number of halogens is 1. The van der Waals surface area contributed by atoms with Crippen LogP contribution in [0.1, 0.15) is 18.2 Å². The van der Waals surface area contributed by atoms with Gasteiger partial charge in [0.05, 0.1) is 43.2 Å². The SMILES string of the molecule is COc1cccc(OC)c1-n1c(NS(=O)(=O)[C@H](C)Cc2ncc(F)cc2C#N)nnc1-c1ccco1. The van der Waals surface area contributed by atoms with Crippen molar-refractivity contribution < 1.29 is 26.7 Å². The number of methoxy groups -OCH3 is 2. The Bertz CT molecular complexity index is 1510. The topological polar surface area (TPSA) is 145 Å². The molecule has 0 aliphatic heterocycles. The van der Waals surface area contributed by atoms with Crippen LogP contribution in [0.5, 0.6) is 11.5 Å². The van der Waals surface area contributed by atoms with E-state index < -0.39 is 21.1 Å². The number of nitrogens with zero attached hydrogens (tertiary/aromatic N) is 5. The van der Waals surface area contributed by atoms with Crippen molar-refractivity contribution in [1.82, 2.24) is 19.7 Å². The molecule has 0 spiro atoms. The van der Waals surface area contributed by atoms with Gasteiger partial charge in [-0.15, -0.1) is 10.2 Å². The summed E-state index contributed by atoms with van der Waals surface area (Å²) in [6.45, 7) is 1.44. The van der Waals surface area contributed by atoms with Gasteiger partial charge in [-0.1, -0.05) is 6.07 Å². The Kier molecular flexibility index (Phi) is 6.89. The smallest absolute Gasteiger partial charge is 0.243 e. The van der Waals surface area contributed by atoms with E-state index in [2.05, 4.69) is 19.9 Å². The fourth-order valence-corrected chi connectivity index (χ4v) is 4.48. The molecule has 4 aromatic rings. The monoisotopic (exact) mass is 512 g/mol. The average molecular weight is 513 g/mol. The van der Waals surface area contributed by atoms with E-state index in [1.807, 2.05) is 6.07 Å². The molecule has 13 heteroatoms. The Hall–Kier alpha value is -4.44. The summed E-state index contributed by atoms with van der Waals surface area (Å²) in [5.74, 6) is 0.411. The Morgan fingerprint density at radius 3 is 2.53 bits per heavy atom. The Morgan fingerprint density at radius 1 is 1.19 bits per heavy atom. The second-order valence-corrected chi connectivity index (χ2v) is 9.69. The van der Waals surface area contributed by atoms with E-state index in [-0.39, 0.29) is 29.5 Å². The maximum Gasteiger partial charge on any atom is 0.243 e. The lowest BCUT2D eigenvalue weighted by Crippen LogP contribution is -2.29. The molecule has 0 unspecified atom stereocenters. The van der Waals surface area contributed by atoms with Crippen LogP contribution in [0, 0.1) is 17.1 Å². The van der Waals surface area contributed by atoms with Crippen molar-refractivity contribution in [3.05, 3.63) is 65.9 Å². The van der Waals surface area contributed by atoms with E-state index in [1.165, 1.54) is 32.0 Å². The van der Waals surface area contributed by atoms with Gasteiger partial charge in [0.25, 0.3) is 0 Å². The maximum atomic E-state index is 13.5. The summed E-state index contributed by atoms with van der Waals surface area (Å²) < 4.78 is 60.4. The van der Waals surface area contributed by atoms with E-state index in [0.29, 0.717) is 22.9 Å². The van der Waals surface area contributed by atoms with Crippen molar-refractivity contribution in [2.45, 2.75) is 18.6 Å². The van der Waals surface area contributed by atoms with Gasteiger partial charge in [-0.05, 0) is 37.3 Å². The van der Waals surface area contributed by atoms with Crippen LogP contribution in [0.15, 0.2) is 53.3 Å². The number of anilines is 1. The molecule has 3 aromatic heterocycles. The van der Waals surface area contributed by atoms with E-state index in [1.54, 1.807) is 30.3 Å². The first-order valence-electron chi connectivity index (χ1n) is 10.6. The van der Waals surface area contributed by atoms with Crippen molar-refractivity contribution in [2.75, 3.05) is 18.9 Å². The molecule has 0 saturated heterocycles. The summed E-state index contributed by atoms with van der Waals surface area (Å²) in [6.07, 6.45) is 2.24. The minimum atomic E-state index is -4.10. The molecule has 36 heavy (non-hydrogen) atoms. The van der Waals surface area contributed by atoms with Gasteiger partial charge in [0.1, 0.15) is 29.1 Å². The van der Waals surface area contributed by atoms with Crippen LogP contribution >= 0.6 is 0 Å². The third-order valence-corrected chi connectivity index (χ3v) is 7.02. The zero-order valence-electron chi connectivity index (χ0n) is 19.5. The predicted octanol–water partition coefficient (Wildman–Crippen LogP) is 3.32. The second kappa shape index (κ2) is 10.0. The summed E-state index contributed by atoms with van der Waals surface area (Å²) in [5, 5.41) is 16.4. The maximum absolute atomic E-state index is 13.5. The molecule has 0 fully saturated rings. The number of benzene rings is 1. The minimum Gasteiger partial charge on any atom is -0.494 e. The van der Waals surface area contributed by atoms with Crippen molar-refractivity contribution in [3.63, 3.8) is 0 Å². The fraction of sp³-hybridized carbons (Fsp3) is 0.217. The number of rotatable bonds is 9. The van der Waals surface area contributed by atoms with Gasteiger partial charge in [-0.25, -0.2) is 12.8 Å². The van der Waals surface area contributed by atoms with E-state index in [9.17, 15) is 18.1 Å². The lowest BCUT2D eigenvalue weighted by molar-refractivity contribution is 0.391. The van der Waals surface area contributed by atoms with Crippen LogP contribution in [-0.2, 0) is 16.4 Å². The van der Waals surface area contributed by atoms with Crippen LogP contribution in [-0.4, -0.2) is 47.6 Å². The lowest BCUT2D eigenvalue weighted by Gasteiger charge is -2.18. The Labute approximate surface area is 206 Å². The molecule has 0 bridgehead atoms. The number of sulfonamides is 1. The van der Waals surface area contributed by atoms with Gasteiger partial charge in [-0.2, -0.15) is 5.26 Å². The second-order valence-electron chi connectivity index (χ2n) is 7.59. The largest absolute Gasteiger partial charge is 0.494 e. The molecule has 0 radical (unpaired) electrons. The molecule has 11 nitrogen and oxygen atoms in total. The normalized spacial score (nSPS) is 12.1. The summed E-state index contributed by atoms with van der Waals surface area (Å²) >= 11 is 0. The molecule has 0 amide bonds. The van der Waals surface area contributed by atoms with Gasteiger partial charge >= 0.3 is 0 Å². The molecular weight excluding hydrogens is 491 g/mol. The highest BCUT2D eigenvalue weighted by Crippen LogP contribution is 2.37. The number of ether oxygens (including phenoxy) is 2.